The fourth-order valence-corrected chi connectivity index (χ4v) is 6.97. The SMILES string of the molecule is C[C@]12CC[C@H]3[C@@H]([C@@H](O)C(Cl)=C4C[C@@H](O)CC[C@@]43C)[C@@H]1CC(=O)[C@@H]2N. The second-order valence-electron chi connectivity index (χ2n) is 9.07. The molecule has 0 unspecified atom stereocenters. The van der Waals surface area contributed by atoms with E-state index in [2.05, 4.69) is 13.8 Å². The molecular weight excluding hydrogens is 326 g/mol. The van der Waals surface area contributed by atoms with E-state index in [-0.39, 0.29) is 34.6 Å². The van der Waals surface area contributed by atoms with E-state index in [1.54, 1.807) is 0 Å². The molecule has 8 atom stereocenters. The van der Waals surface area contributed by atoms with E-state index in [9.17, 15) is 15.0 Å². The lowest BCUT2D eigenvalue weighted by molar-refractivity contribution is -0.119. The lowest BCUT2D eigenvalue weighted by Crippen LogP contribution is -2.57. The number of Topliss-reactive ketones (excluding diaryl/α,β-unsaturated/α-hetero) is 1. The number of halogens is 1. The number of hydrogen-bond acceptors (Lipinski definition) is 4. The maximum atomic E-state index is 12.3. The first-order valence-electron chi connectivity index (χ1n) is 9.23. The molecule has 4 aliphatic carbocycles. The number of carbonyl (C=O) groups excluding carboxylic acids is 1. The molecule has 3 saturated carbocycles. The lowest BCUT2D eigenvalue weighted by atomic mass is 9.47. The average molecular weight is 354 g/mol. The monoisotopic (exact) mass is 353 g/mol. The molecule has 134 valence electrons. The molecular formula is C19H28ClNO3. The number of ketones is 1. The first kappa shape index (κ1) is 17.0. The molecule has 4 N–H and O–H groups in total. The van der Waals surface area contributed by atoms with Crippen molar-refractivity contribution in [1.82, 2.24) is 0 Å². The third-order valence-corrected chi connectivity index (χ3v) is 8.56. The van der Waals surface area contributed by atoms with Gasteiger partial charge >= 0.3 is 0 Å². The van der Waals surface area contributed by atoms with Crippen molar-refractivity contribution in [3.8, 4) is 0 Å². The van der Waals surface area contributed by atoms with Crippen molar-refractivity contribution in [2.24, 2.45) is 34.3 Å². The van der Waals surface area contributed by atoms with Gasteiger partial charge in [-0.2, -0.15) is 0 Å². The Morgan fingerprint density at radius 1 is 1.12 bits per heavy atom. The number of rotatable bonds is 0. The zero-order chi connectivity index (χ0) is 17.4. The summed E-state index contributed by atoms with van der Waals surface area (Å²) in [7, 11) is 0. The molecule has 24 heavy (non-hydrogen) atoms. The molecule has 4 rings (SSSR count). The summed E-state index contributed by atoms with van der Waals surface area (Å²) in [6.45, 7) is 4.37. The van der Waals surface area contributed by atoms with Crippen LogP contribution in [0, 0.1) is 28.6 Å². The summed E-state index contributed by atoms with van der Waals surface area (Å²) in [6.07, 6.45) is 3.52. The molecule has 0 saturated heterocycles. The van der Waals surface area contributed by atoms with E-state index in [1.165, 1.54) is 0 Å². The summed E-state index contributed by atoms with van der Waals surface area (Å²) >= 11 is 6.63. The van der Waals surface area contributed by atoms with Crippen molar-refractivity contribution >= 4 is 17.4 Å². The Bertz CT molecular complexity index is 620. The zero-order valence-electron chi connectivity index (χ0n) is 14.5. The van der Waals surface area contributed by atoms with Crippen LogP contribution < -0.4 is 5.73 Å². The molecule has 4 aliphatic rings. The van der Waals surface area contributed by atoms with E-state index < -0.39 is 12.1 Å². The Balaban J connectivity index is 1.80. The van der Waals surface area contributed by atoms with Gasteiger partial charge in [0.15, 0.2) is 0 Å². The van der Waals surface area contributed by atoms with Crippen molar-refractivity contribution in [2.45, 2.75) is 70.6 Å². The molecule has 0 aromatic heterocycles. The van der Waals surface area contributed by atoms with Gasteiger partial charge in [-0.05, 0) is 66.3 Å². The summed E-state index contributed by atoms with van der Waals surface area (Å²) in [5.41, 5.74) is 7.00. The highest BCUT2D eigenvalue weighted by Crippen LogP contribution is 2.65. The van der Waals surface area contributed by atoms with Gasteiger partial charge in [-0.15, -0.1) is 0 Å². The summed E-state index contributed by atoms with van der Waals surface area (Å²) in [4.78, 5) is 12.3. The Morgan fingerprint density at radius 2 is 1.83 bits per heavy atom. The van der Waals surface area contributed by atoms with E-state index in [0.717, 1.165) is 31.3 Å². The highest BCUT2D eigenvalue weighted by Gasteiger charge is 2.63. The van der Waals surface area contributed by atoms with Gasteiger partial charge in [0.05, 0.1) is 18.2 Å². The Kier molecular flexibility index (Phi) is 3.75. The summed E-state index contributed by atoms with van der Waals surface area (Å²) in [5.74, 6) is 0.546. The molecule has 0 radical (unpaired) electrons. The maximum Gasteiger partial charge on any atom is 0.150 e. The van der Waals surface area contributed by atoms with E-state index >= 15 is 0 Å². The maximum absolute atomic E-state index is 12.3. The van der Waals surface area contributed by atoms with Crippen LogP contribution in [-0.2, 0) is 4.79 Å². The average Bonchev–Trinajstić information content (AvgIpc) is 2.77. The number of fused-ring (bicyclic) bond motifs is 5. The molecule has 0 amide bonds. The Morgan fingerprint density at radius 3 is 2.54 bits per heavy atom. The molecule has 0 aromatic rings. The quantitative estimate of drug-likeness (QED) is 0.624. The largest absolute Gasteiger partial charge is 0.393 e. The smallest absolute Gasteiger partial charge is 0.150 e. The molecule has 3 fully saturated rings. The topological polar surface area (TPSA) is 83.5 Å². The second-order valence-corrected chi connectivity index (χ2v) is 9.48. The van der Waals surface area contributed by atoms with Crippen LogP contribution in [0.15, 0.2) is 10.6 Å². The van der Waals surface area contributed by atoms with Crippen molar-refractivity contribution in [1.29, 1.82) is 0 Å². The Hall–Kier alpha value is -0.420. The molecule has 0 heterocycles. The zero-order valence-corrected chi connectivity index (χ0v) is 15.2. The van der Waals surface area contributed by atoms with E-state index in [4.69, 9.17) is 17.3 Å². The minimum Gasteiger partial charge on any atom is -0.393 e. The number of aliphatic hydroxyl groups is 2. The molecule has 0 bridgehead atoms. The minimum atomic E-state index is -0.729. The molecule has 0 aliphatic heterocycles. The molecule has 4 nitrogen and oxygen atoms in total. The number of hydrogen-bond donors (Lipinski definition) is 3. The summed E-state index contributed by atoms with van der Waals surface area (Å²) in [5, 5.41) is 21.6. The minimum absolute atomic E-state index is 0.00209. The van der Waals surface area contributed by atoms with Crippen LogP contribution in [0.3, 0.4) is 0 Å². The normalized spacial score (nSPS) is 54.3. The van der Waals surface area contributed by atoms with Crippen molar-refractivity contribution in [3.05, 3.63) is 10.6 Å². The van der Waals surface area contributed by atoms with Gasteiger partial charge in [-0.25, -0.2) is 0 Å². The number of nitrogens with two attached hydrogens (primary N) is 1. The van der Waals surface area contributed by atoms with Crippen molar-refractivity contribution < 1.29 is 15.0 Å². The van der Waals surface area contributed by atoms with Crippen molar-refractivity contribution in [2.75, 3.05) is 0 Å². The third kappa shape index (κ3) is 2.00. The molecule has 5 heteroatoms. The van der Waals surface area contributed by atoms with Gasteiger partial charge in [0.25, 0.3) is 0 Å². The summed E-state index contributed by atoms with van der Waals surface area (Å²) < 4.78 is 0. The van der Waals surface area contributed by atoms with Crippen LogP contribution in [0.2, 0.25) is 0 Å². The van der Waals surface area contributed by atoms with Crippen LogP contribution in [0.25, 0.3) is 0 Å². The first-order chi connectivity index (χ1) is 11.2. The van der Waals surface area contributed by atoms with E-state index in [0.29, 0.717) is 23.8 Å². The third-order valence-electron chi connectivity index (χ3n) is 8.11. The number of aliphatic hydroxyl groups excluding tert-OH is 2. The first-order valence-corrected chi connectivity index (χ1v) is 9.61. The van der Waals surface area contributed by atoms with Gasteiger partial charge in [0.1, 0.15) is 5.78 Å². The fraction of sp³-hybridized carbons (Fsp3) is 0.842. The Labute approximate surface area is 148 Å². The van der Waals surface area contributed by atoms with Crippen LogP contribution in [0.4, 0.5) is 0 Å². The lowest BCUT2D eigenvalue weighted by Gasteiger charge is -2.59. The van der Waals surface area contributed by atoms with Gasteiger partial charge in [0.2, 0.25) is 0 Å². The second kappa shape index (κ2) is 5.29. The van der Waals surface area contributed by atoms with Gasteiger partial charge in [-0.3, -0.25) is 4.79 Å². The predicted molar refractivity (Wildman–Crippen MR) is 92.3 cm³/mol. The molecule has 0 aromatic carbocycles. The van der Waals surface area contributed by atoms with Gasteiger partial charge in [-0.1, -0.05) is 25.4 Å². The predicted octanol–water partition coefficient (Wildman–Crippen LogP) is 2.35. The van der Waals surface area contributed by atoms with Gasteiger partial charge in [0, 0.05) is 11.5 Å². The number of carbonyl (C=O) groups is 1. The van der Waals surface area contributed by atoms with Crippen LogP contribution in [0.1, 0.15) is 52.4 Å². The van der Waals surface area contributed by atoms with Gasteiger partial charge < -0.3 is 15.9 Å². The van der Waals surface area contributed by atoms with Crippen molar-refractivity contribution in [3.63, 3.8) is 0 Å². The van der Waals surface area contributed by atoms with Crippen LogP contribution in [-0.4, -0.2) is 34.2 Å². The fourth-order valence-electron chi connectivity index (χ4n) is 6.53. The molecule has 0 spiro atoms. The van der Waals surface area contributed by atoms with E-state index in [1.807, 2.05) is 0 Å². The standard InChI is InChI=1S/C19H28ClNO3/c1-18-5-3-9(22)7-12(18)15(20)16(24)14-10(18)4-6-19(2)11(14)8-13(23)17(19)21/h9-11,14,16-17,22,24H,3-8,21H2,1-2H3/t9-,10-,11-,14+,16+,17-,18+,19-/m0/s1. The highest BCUT2D eigenvalue weighted by molar-refractivity contribution is 6.30. The summed E-state index contributed by atoms with van der Waals surface area (Å²) in [6, 6.07) is -0.416. The van der Waals surface area contributed by atoms with Crippen LogP contribution >= 0.6 is 11.6 Å². The highest BCUT2D eigenvalue weighted by atomic mass is 35.5. The van der Waals surface area contributed by atoms with Crippen LogP contribution in [0.5, 0.6) is 0 Å².